The molecule has 1 aromatic rings. The summed E-state index contributed by atoms with van der Waals surface area (Å²) in [5.74, 6) is 5.12. The first-order valence-corrected chi connectivity index (χ1v) is 3.80. The molecule has 0 aliphatic rings. The van der Waals surface area contributed by atoms with Gasteiger partial charge in [-0.1, -0.05) is 6.07 Å². The molecule has 72 valence electrons. The van der Waals surface area contributed by atoms with Crippen LogP contribution < -0.4 is 11.3 Å². The summed E-state index contributed by atoms with van der Waals surface area (Å²) in [4.78, 5) is 9.96. The fourth-order valence-corrected chi connectivity index (χ4v) is 1.06. The average molecular weight is 192 g/mol. The molecule has 0 aromatic heterocycles. The molecule has 6 heteroatoms. The summed E-state index contributed by atoms with van der Waals surface area (Å²) >= 11 is 0. The van der Waals surface area contributed by atoms with Gasteiger partial charge in [0.2, 0.25) is 0 Å². The summed E-state index contributed by atoms with van der Waals surface area (Å²) in [5, 5.41) is 18.9. The molecule has 0 aliphatic heterocycles. The molecule has 0 aliphatic carbocycles. The van der Waals surface area contributed by atoms with Gasteiger partial charge < -0.3 is 5.43 Å². The van der Waals surface area contributed by atoms with Crippen molar-refractivity contribution in [3.05, 3.63) is 33.9 Å². The maximum absolute atomic E-state index is 10.5. The van der Waals surface area contributed by atoms with Gasteiger partial charge in [0.1, 0.15) is 5.69 Å². The van der Waals surface area contributed by atoms with Gasteiger partial charge in [0.15, 0.2) is 0 Å². The van der Waals surface area contributed by atoms with Crippen LogP contribution in [0.25, 0.3) is 0 Å². The molecule has 0 saturated heterocycles. The highest BCUT2D eigenvalue weighted by Crippen LogP contribution is 2.24. The lowest BCUT2D eigenvalue weighted by molar-refractivity contribution is -0.384. The number of benzene rings is 1. The predicted octanol–water partition coefficient (Wildman–Crippen LogP) is 0.946. The van der Waals surface area contributed by atoms with Crippen LogP contribution in [0.3, 0.4) is 0 Å². The number of anilines is 1. The average Bonchev–Trinajstić information content (AvgIpc) is 2.17. The Bertz CT molecular complexity index is 397. The molecular formula is C8H8N4O2. The van der Waals surface area contributed by atoms with E-state index in [1.54, 1.807) is 0 Å². The van der Waals surface area contributed by atoms with Crippen LogP contribution in [0.2, 0.25) is 0 Å². The van der Waals surface area contributed by atoms with E-state index < -0.39 is 4.92 Å². The lowest BCUT2D eigenvalue weighted by atomic mass is 10.1. The quantitative estimate of drug-likeness (QED) is 0.421. The van der Waals surface area contributed by atoms with Gasteiger partial charge in [0.05, 0.1) is 17.4 Å². The SMILES string of the molecule is N#CCc1ccc([N+](=O)[O-])c(NN)c1. The van der Waals surface area contributed by atoms with Crippen molar-refractivity contribution in [1.29, 1.82) is 5.26 Å². The van der Waals surface area contributed by atoms with Crippen molar-refractivity contribution in [2.45, 2.75) is 6.42 Å². The molecule has 0 fully saturated rings. The molecule has 0 heterocycles. The van der Waals surface area contributed by atoms with E-state index in [4.69, 9.17) is 11.1 Å². The summed E-state index contributed by atoms with van der Waals surface area (Å²) in [5.41, 5.74) is 3.02. The summed E-state index contributed by atoms with van der Waals surface area (Å²) in [6, 6.07) is 6.28. The molecule has 0 spiro atoms. The molecule has 0 unspecified atom stereocenters. The number of hydrogen-bond donors (Lipinski definition) is 2. The third kappa shape index (κ3) is 1.97. The monoisotopic (exact) mass is 192 g/mol. The number of nitrogens with two attached hydrogens (primary N) is 1. The Morgan fingerprint density at radius 3 is 2.86 bits per heavy atom. The normalized spacial score (nSPS) is 9.14. The number of nitriles is 1. The fourth-order valence-electron chi connectivity index (χ4n) is 1.06. The third-order valence-corrected chi connectivity index (χ3v) is 1.70. The van der Waals surface area contributed by atoms with Crippen molar-refractivity contribution in [2.24, 2.45) is 5.84 Å². The molecule has 1 aromatic carbocycles. The van der Waals surface area contributed by atoms with Crippen LogP contribution in [0.15, 0.2) is 18.2 Å². The number of nitro benzene ring substituents is 1. The van der Waals surface area contributed by atoms with E-state index in [9.17, 15) is 10.1 Å². The van der Waals surface area contributed by atoms with Gasteiger partial charge >= 0.3 is 0 Å². The van der Waals surface area contributed by atoms with Gasteiger partial charge in [0.25, 0.3) is 5.69 Å². The van der Waals surface area contributed by atoms with Crippen molar-refractivity contribution in [1.82, 2.24) is 0 Å². The molecule has 0 atom stereocenters. The maximum Gasteiger partial charge on any atom is 0.293 e. The first kappa shape index (κ1) is 9.95. The minimum Gasteiger partial charge on any atom is -0.318 e. The first-order valence-electron chi connectivity index (χ1n) is 3.80. The van der Waals surface area contributed by atoms with Gasteiger partial charge in [-0.3, -0.25) is 16.0 Å². The van der Waals surface area contributed by atoms with Crippen molar-refractivity contribution in [2.75, 3.05) is 5.43 Å². The van der Waals surface area contributed by atoms with Crippen LogP contribution in [0, 0.1) is 21.4 Å². The number of nitrogen functional groups attached to an aromatic ring is 1. The van der Waals surface area contributed by atoms with Gasteiger partial charge in [-0.2, -0.15) is 5.26 Å². The molecular weight excluding hydrogens is 184 g/mol. The predicted molar refractivity (Wildman–Crippen MR) is 50.2 cm³/mol. The van der Waals surface area contributed by atoms with E-state index in [-0.39, 0.29) is 17.8 Å². The second-order valence-corrected chi connectivity index (χ2v) is 2.59. The zero-order valence-corrected chi connectivity index (χ0v) is 7.23. The molecule has 0 amide bonds. The van der Waals surface area contributed by atoms with E-state index in [0.29, 0.717) is 5.56 Å². The van der Waals surface area contributed by atoms with Crippen LogP contribution in [0.1, 0.15) is 5.56 Å². The molecule has 1 rings (SSSR count). The Labute approximate surface area is 80.1 Å². The van der Waals surface area contributed by atoms with Crippen LogP contribution in [-0.4, -0.2) is 4.92 Å². The Balaban J connectivity index is 3.12. The molecule has 0 radical (unpaired) electrons. The van der Waals surface area contributed by atoms with E-state index in [1.165, 1.54) is 18.2 Å². The Morgan fingerprint density at radius 1 is 1.64 bits per heavy atom. The third-order valence-electron chi connectivity index (χ3n) is 1.70. The summed E-state index contributed by atoms with van der Waals surface area (Å²) < 4.78 is 0. The van der Waals surface area contributed by atoms with E-state index >= 15 is 0 Å². The molecule has 0 bridgehead atoms. The summed E-state index contributed by atoms with van der Waals surface area (Å²) in [6.07, 6.45) is 0.201. The zero-order valence-electron chi connectivity index (χ0n) is 7.23. The van der Waals surface area contributed by atoms with Crippen LogP contribution in [-0.2, 0) is 6.42 Å². The van der Waals surface area contributed by atoms with Gasteiger partial charge in [0, 0.05) is 6.07 Å². The standard InChI is InChI=1S/C8H8N4O2/c9-4-3-6-1-2-8(12(13)14)7(5-6)11-10/h1-2,5,11H,3,10H2. The largest absolute Gasteiger partial charge is 0.318 e. The number of nitro groups is 1. The van der Waals surface area contributed by atoms with Crippen LogP contribution >= 0.6 is 0 Å². The highest BCUT2D eigenvalue weighted by atomic mass is 16.6. The minimum absolute atomic E-state index is 0.103. The van der Waals surface area contributed by atoms with Gasteiger partial charge in [-0.15, -0.1) is 0 Å². The molecule has 0 saturated carbocycles. The van der Waals surface area contributed by atoms with Crippen molar-refractivity contribution in [3.8, 4) is 6.07 Å². The fraction of sp³-hybridized carbons (Fsp3) is 0.125. The van der Waals surface area contributed by atoms with Crippen molar-refractivity contribution >= 4 is 11.4 Å². The minimum atomic E-state index is -0.536. The van der Waals surface area contributed by atoms with E-state index in [2.05, 4.69) is 5.43 Å². The van der Waals surface area contributed by atoms with Gasteiger partial charge in [-0.25, -0.2) is 0 Å². The number of hydrazine groups is 1. The lowest BCUT2D eigenvalue weighted by Gasteiger charge is -2.02. The van der Waals surface area contributed by atoms with Crippen LogP contribution in [0.4, 0.5) is 11.4 Å². The van der Waals surface area contributed by atoms with Crippen LogP contribution in [0.5, 0.6) is 0 Å². The highest BCUT2D eigenvalue weighted by molar-refractivity contribution is 5.62. The Morgan fingerprint density at radius 2 is 2.36 bits per heavy atom. The number of hydrogen-bond acceptors (Lipinski definition) is 5. The topological polar surface area (TPSA) is 105 Å². The molecule has 14 heavy (non-hydrogen) atoms. The highest BCUT2D eigenvalue weighted by Gasteiger charge is 2.12. The summed E-state index contributed by atoms with van der Waals surface area (Å²) in [6.45, 7) is 0. The number of nitrogens with one attached hydrogen (secondary N) is 1. The second kappa shape index (κ2) is 4.20. The second-order valence-electron chi connectivity index (χ2n) is 2.59. The molecule has 6 nitrogen and oxygen atoms in total. The maximum atomic E-state index is 10.5. The van der Waals surface area contributed by atoms with E-state index in [1.807, 2.05) is 6.07 Å². The zero-order chi connectivity index (χ0) is 10.6. The number of nitrogens with zero attached hydrogens (tertiary/aromatic N) is 2. The molecule has 3 N–H and O–H groups in total. The number of rotatable bonds is 3. The van der Waals surface area contributed by atoms with E-state index in [0.717, 1.165) is 0 Å². The smallest absolute Gasteiger partial charge is 0.293 e. The Kier molecular flexibility index (Phi) is 2.99. The Hall–Kier alpha value is -2.13. The van der Waals surface area contributed by atoms with Crippen molar-refractivity contribution in [3.63, 3.8) is 0 Å². The lowest BCUT2D eigenvalue weighted by Crippen LogP contribution is -2.09. The summed E-state index contributed by atoms with van der Waals surface area (Å²) in [7, 11) is 0. The first-order chi connectivity index (χ1) is 6.69. The van der Waals surface area contributed by atoms with Gasteiger partial charge in [-0.05, 0) is 11.6 Å². The van der Waals surface area contributed by atoms with Crippen molar-refractivity contribution < 1.29 is 4.92 Å².